The lowest BCUT2D eigenvalue weighted by Gasteiger charge is -2.11. The molecule has 0 saturated heterocycles. The Balaban J connectivity index is 2.77. The van der Waals surface area contributed by atoms with Crippen LogP contribution in [0.1, 0.15) is 12.0 Å². The summed E-state index contributed by atoms with van der Waals surface area (Å²) < 4.78 is 13.3. The van der Waals surface area contributed by atoms with E-state index < -0.39 is 11.9 Å². The first kappa shape index (κ1) is 13.1. The Hall–Kier alpha value is -0.940. The predicted octanol–water partition coefficient (Wildman–Crippen LogP) is 2.18. The summed E-state index contributed by atoms with van der Waals surface area (Å²) in [6.07, 6.45) is 0.787. The van der Waals surface area contributed by atoms with Gasteiger partial charge in [0, 0.05) is 0 Å². The van der Waals surface area contributed by atoms with Crippen LogP contribution in [0.5, 0.6) is 0 Å². The van der Waals surface area contributed by atoms with E-state index in [4.69, 9.17) is 10.8 Å². The molecular weight excluding hydrogens is 277 g/mol. The zero-order valence-electron chi connectivity index (χ0n) is 8.62. The van der Waals surface area contributed by atoms with Crippen molar-refractivity contribution in [2.45, 2.75) is 12.8 Å². The van der Waals surface area contributed by atoms with Gasteiger partial charge in [0.2, 0.25) is 0 Å². The highest BCUT2D eigenvalue weighted by atomic mass is 79.9. The van der Waals surface area contributed by atoms with E-state index in [1.807, 2.05) is 0 Å². The molecule has 1 rings (SSSR count). The van der Waals surface area contributed by atoms with Crippen LogP contribution < -0.4 is 5.73 Å². The molecule has 1 aromatic carbocycles. The standard InChI is InChI=1S/C11H13BrFNO2/c12-9-6-7(1-2-10(9)13)5-8(3-4-14)11(15)16/h1-2,6,8H,3-5,14H2,(H,15,16). The van der Waals surface area contributed by atoms with E-state index in [2.05, 4.69) is 15.9 Å². The fourth-order valence-corrected chi connectivity index (χ4v) is 1.89. The maximum absolute atomic E-state index is 13.0. The molecule has 0 heterocycles. The van der Waals surface area contributed by atoms with Crippen molar-refractivity contribution in [3.05, 3.63) is 34.1 Å². The van der Waals surface area contributed by atoms with Gasteiger partial charge in [0.05, 0.1) is 10.4 Å². The summed E-state index contributed by atoms with van der Waals surface area (Å²) in [5, 5.41) is 8.95. The molecule has 0 aromatic heterocycles. The van der Waals surface area contributed by atoms with E-state index >= 15 is 0 Å². The molecule has 0 aliphatic heterocycles. The van der Waals surface area contributed by atoms with Gasteiger partial charge in [-0.25, -0.2) is 4.39 Å². The van der Waals surface area contributed by atoms with Crippen LogP contribution in [-0.2, 0) is 11.2 Å². The van der Waals surface area contributed by atoms with Gasteiger partial charge in [0.25, 0.3) is 0 Å². The van der Waals surface area contributed by atoms with Gasteiger partial charge >= 0.3 is 5.97 Å². The van der Waals surface area contributed by atoms with Gasteiger partial charge < -0.3 is 10.8 Å². The molecule has 1 atom stereocenters. The van der Waals surface area contributed by atoms with E-state index in [-0.39, 0.29) is 5.82 Å². The van der Waals surface area contributed by atoms with E-state index in [0.717, 1.165) is 5.56 Å². The molecule has 0 saturated carbocycles. The SMILES string of the molecule is NCCC(Cc1ccc(F)c(Br)c1)C(=O)O. The molecule has 0 aliphatic rings. The Morgan fingerprint density at radius 1 is 1.56 bits per heavy atom. The summed E-state index contributed by atoms with van der Waals surface area (Å²) >= 11 is 3.06. The van der Waals surface area contributed by atoms with Crippen molar-refractivity contribution in [3.8, 4) is 0 Å². The van der Waals surface area contributed by atoms with E-state index in [1.54, 1.807) is 12.1 Å². The molecule has 5 heteroatoms. The van der Waals surface area contributed by atoms with E-state index in [1.165, 1.54) is 6.07 Å². The average molecular weight is 290 g/mol. The normalized spacial score (nSPS) is 12.4. The molecular formula is C11H13BrFNO2. The highest BCUT2D eigenvalue weighted by Crippen LogP contribution is 2.20. The third kappa shape index (κ3) is 3.57. The molecule has 3 N–H and O–H groups in total. The van der Waals surface area contributed by atoms with Gasteiger partial charge in [-0.15, -0.1) is 0 Å². The number of nitrogens with two attached hydrogens (primary N) is 1. The quantitative estimate of drug-likeness (QED) is 0.873. The minimum Gasteiger partial charge on any atom is -0.481 e. The molecule has 0 aliphatic carbocycles. The Kier molecular flexibility index (Phi) is 4.89. The minimum absolute atomic E-state index is 0.333. The highest BCUT2D eigenvalue weighted by molar-refractivity contribution is 9.10. The number of hydrogen-bond acceptors (Lipinski definition) is 2. The largest absolute Gasteiger partial charge is 0.481 e. The topological polar surface area (TPSA) is 63.3 Å². The minimum atomic E-state index is -0.870. The molecule has 88 valence electrons. The number of hydrogen-bond donors (Lipinski definition) is 2. The lowest BCUT2D eigenvalue weighted by molar-refractivity contribution is -0.141. The smallest absolute Gasteiger partial charge is 0.306 e. The molecule has 0 amide bonds. The fourth-order valence-electron chi connectivity index (χ4n) is 1.47. The van der Waals surface area contributed by atoms with Crippen LogP contribution >= 0.6 is 15.9 Å². The van der Waals surface area contributed by atoms with Gasteiger partial charge in [-0.3, -0.25) is 4.79 Å². The summed E-state index contributed by atoms with van der Waals surface area (Å²) in [6, 6.07) is 4.51. The van der Waals surface area contributed by atoms with Crippen LogP contribution in [-0.4, -0.2) is 17.6 Å². The Morgan fingerprint density at radius 3 is 2.75 bits per heavy atom. The number of carbonyl (C=O) groups is 1. The second kappa shape index (κ2) is 5.96. The van der Waals surface area contributed by atoms with Crippen molar-refractivity contribution in [1.29, 1.82) is 0 Å². The third-order valence-electron chi connectivity index (χ3n) is 2.33. The zero-order valence-corrected chi connectivity index (χ0v) is 10.2. The fraction of sp³-hybridized carbons (Fsp3) is 0.364. The summed E-state index contributed by atoms with van der Waals surface area (Å²) in [5.74, 6) is -1.73. The van der Waals surface area contributed by atoms with Crippen molar-refractivity contribution in [1.82, 2.24) is 0 Å². The molecule has 0 bridgehead atoms. The highest BCUT2D eigenvalue weighted by Gasteiger charge is 2.17. The van der Waals surface area contributed by atoms with Crippen molar-refractivity contribution in [2.75, 3.05) is 6.54 Å². The number of benzene rings is 1. The third-order valence-corrected chi connectivity index (χ3v) is 2.94. The van der Waals surface area contributed by atoms with Crippen LogP contribution in [0.4, 0.5) is 4.39 Å². The first-order chi connectivity index (χ1) is 7.54. The summed E-state index contributed by atoms with van der Waals surface area (Å²) in [4.78, 5) is 10.9. The van der Waals surface area contributed by atoms with Gasteiger partial charge in [-0.1, -0.05) is 6.07 Å². The number of rotatable bonds is 5. The molecule has 0 spiro atoms. The van der Waals surface area contributed by atoms with Crippen LogP contribution in [0.25, 0.3) is 0 Å². The Morgan fingerprint density at radius 2 is 2.25 bits per heavy atom. The Labute approximate surface area is 102 Å². The first-order valence-corrected chi connectivity index (χ1v) is 5.70. The molecule has 0 radical (unpaired) electrons. The molecule has 1 unspecified atom stereocenters. The van der Waals surface area contributed by atoms with Gasteiger partial charge in [-0.05, 0) is 53.0 Å². The van der Waals surface area contributed by atoms with Crippen molar-refractivity contribution >= 4 is 21.9 Å². The summed E-state index contributed by atoms with van der Waals surface area (Å²) in [7, 11) is 0. The van der Waals surface area contributed by atoms with Crippen molar-refractivity contribution < 1.29 is 14.3 Å². The second-order valence-electron chi connectivity index (χ2n) is 3.57. The van der Waals surface area contributed by atoms with Gasteiger partial charge in [0.1, 0.15) is 5.82 Å². The molecule has 3 nitrogen and oxygen atoms in total. The number of halogens is 2. The van der Waals surface area contributed by atoms with Crippen LogP contribution in [0.15, 0.2) is 22.7 Å². The summed E-state index contributed by atoms with van der Waals surface area (Å²) in [6.45, 7) is 0.333. The first-order valence-electron chi connectivity index (χ1n) is 4.91. The van der Waals surface area contributed by atoms with Gasteiger partial charge in [-0.2, -0.15) is 0 Å². The van der Waals surface area contributed by atoms with Crippen LogP contribution in [0.3, 0.4) is 0 Å². The number of aliphatic carboxylic acids is 1. The average Bonchev–Trinajstić information content (AvgIpc) is 2.22. The lowest BCUT2D eigenvalue weighted by atomic mass is 9.96. The molecule has 0 fully saturated rings. The maximum atomic E-state index is 13.0. The molecule has 16 heavy (non-hydrogen) atoms. The number of carboxylic acid groups (broad SMARTS) is 1. The van der Waals surface area contributed by atoms with E-state index in [9.17, 15) is 9.18 Å². The van der Waals surface area contributed by atoms with E-state index in [0.29, 0.717) is 23.9 Å². The van der Waals surface area contributed by atoms with Crippen LogP contribution in [0.2, 0.25) is 0 Å². The maximum Gasteiger partial charge on any atom is 0.306 e. The van der Waals surface area contributed by atoms with Crippen molar-refractivity contribution in [2.24, 2.45) is 11.7 Å². The summed E-state index contributed by atoms with van der Waals surface area (Å²) in [5.41, 5.74) is 6.13. The zero-order chi connectivity index (χ0) is 12.1. The predicted molar refractivity (Wildman–Crippen MR) is 62.6 cm³/mol. The Bertz CT molecular complexity index is 384. The second-order valence-corrected chi connectivity index (χ2v) is 4.42. The lowest BCUT2D eigenvalue weighted by Crippen LogP contribution is -2.20. The van der Waals surface area contributed by atoms with Crippen LogP contribution in [0, 0.1) is 11.7 Å². The van der Waals surface area contributed by atoms with Gasteiger partial charge in [0.15, 0.2) is 0 Å². The monoisotopic (exact) mass is 289 g/mol. The van der Waals surface area contributed by atoms with Crippen molar-refractivity contribution in [3.63, 3.8) is 0 Å². The number of carboxylic acids is 1. The molecule has 1 aromatic rings.